The van der Waals surface area contributed by atoms with E-state index in [1.165, 1.54) is 6.26 Å². The first-order chi connectivity index (χ1) is 5.49. The van der Waals surface area contributed by atoms with Gasteiger partial charge < -0.3 is 4.42 Å². The van der Waals surface area contributed by atoms with Gasteiger partial charge >= 0.3 is 0 Å². The molecule has 12 heavy (non-hydrogen) atoms. The van der Waals surface area contributed by atoms with Crippen LogP contribution in [0.5, 0.6) is 0 Å². The molecule has 0 radical (unpaired) electrons. The van der Waals surface area contributed by atoms with Crippen LogP contribution in [0, 0.1) is 6.92 Å². The van der Waals surface area contributed by atoms with Crippen molar-refractivity contribution in [2.24, 2.45) is 0 Å². The van der Waals surface area contributed by atoms with E-state index in [2.05, 4.69) is 4.18 Å². The van der Waals surface area contributed by atoms with Gasteiger partial charge in [-0.2, -0.15) is 8.42 Å². The maximum Gasteiger partial charge on any atom is 0.264 e. The van der Waals surface area contributed by atoms with Gasteiger partial charge in [-0.1, -0.05) is 0 Å². The number of furan rings is 1. The molecule has 0 atom stereocenters. The van der Waals surface area contributed by atoms with E-state index >= 15 is 0 Å². The predicted molar refractivity (Wildman–Crippen MR) is 43.1 cm³/mol. The van der Waals surface area contributed by atoms with Gasteiger partial charge in [-0.3, -0.25) is 4.18 Å². The quantitative estimate of drug-likeness (QED) is 0.669. The Labute approximate surface area is 71.3 Å². The lowest BCUT2D eigenvalue weighted by molar-refractivity contribution is 0.309. The van der Waals surface area contributed by atoms with Gasteiger partial charge in [-0.25, -0.2) is 0 Å². The lowest BCUT2D eigenvalue weighted by Crippen LogP contribution is -2.02. The molecule has 0 amide bonds. The summed E-state index contributed by atoms with van der Waals surface area (Å²) < 4.78 is 30.7. The van der Waals surface area contributed by atoms with Crippen molar-refractivity contribution in [2.75, 3.05) is 6.26 Å². The van der Waals surface area contributed by atoms with Crippen molar-refractivity contribution in [2.45, 2.75) is 13.5 Å². The second-order valence-corrected chi connectivity index (χ2v) is 4.11. The third-order valence-electron chi connectivity index (χ3n) is 1.39. The third kappa shape index (κ3) is 2.67. The van der Waals surface area contributed by atoms with Gasteiger partial charge in [0.1, 0.15) is 5.76 Å². The monoisotopic (exact) mass is 190 g/mol. The van der Waals surface area contributed by atoms with Crippen LogP contribution >= 0.6 is 0 Å². The fourth-order valence-corrected chi connectivity index (χ4v) is 1.07. The largest absolute Gasteiger partial charge is 0.469 e. The van der Waals surface area contributed by atoms with Crippen LogP contribution in [-0.2, 0) is 20.9 Å². The van der Waals surface area contributed by atoms with Crippen molar-refractivity contribution >= 4 is 10.1 Å². The van der Waals surface area contributed by atoms with E-state index in [1.54, 1.807) is 13.0 Å². The number of hydrogen-bond donors (Lipinski definition) is 0. The maximum absolute atomic E-state index is 10.6. The van der Waals surface area contributed by atoms with Crippen LogP contribution in [0.3, 0.4) is 0 Å². The molecule has 68 valence electrons. The molecule has 1 aromatic rings. The Morgan fingerprint density at radius 3 is 2.67 bits per heavy atom. The highest BCUT2D eigenvalue weighted by atomic mass is 32.2. The van der Waals surface area contributed by atoms with Gasteiger partial charge in [-0.05, 0) is 13.0 Å². The van der Waals surface area contributed by atoms with Crippen molar-refractivity contribution in [3.05, 3.63) is 23.7 Å². The van der Waals surface area contributed by atoms with Gasteiger partial charge in [-0.15, -0.1) is 0 Å². The maximum atomic E-state index is 10.6. The van der Waals surface area contributed by atoms with E-state index in [9.17, 15) is 8.42 Å². The molecular weight excluding hydrogens is 180 g/mol. The molecule has 0 bridgehead atoms. The van der Waals surface area contributed by atoms with E-state index in [4.69, 9.17) is 4.42 Å². The summed E-state index contributed by atoms with van der Waals surface area (Å²) in [5.41, 5.74) is 0.750. The van der Waals surface area contributed by atoms with Crippen molar-refractivity contribution in [1.82, 2.24) is 0 Å². The highest BCUT2D eigenvalue weighted by Gasteiger charge is 2.05. The molecular formula is C7H10O4S. The van der Waals surface area contributed by atoms with Crippen molar-refractivity contribution in [3.8, 4) is 0 Å². The number of rotatable bonds is 3. The Bertz CT molecular complexity index is 349. The normalized spacial score (nSPS) is 11.8. The van der Waals surface area contributed by atoms with Crippen molar-refractivity contribution in [3.63, 3.8) is 0 Å². The lowest BCUT2D eigenvalue weighted by atomic mass is 10.3. The second kappa shape index (κ2) is 3.28. The van der Waals surface area contributed by atoms with Crippen LogP contribution in [0.1, 0.15) is 11.3 Å². The Kier molecular flexibility index (Phi) is 2.54. The molecule has 1 heterocycles. The first kappa shape index (κ1) is 9.28. The van der Waals surface area contributed by atoms with Crippen molar-refractivity contribution < 1.29 is 17.0 Å². The number of aryl methyl sites for hydroxylation is 1. The summed E-state index contributed by atoms with van der Waals surface area (Å²) in [6, 6.07) is 1.68. The molecule has 5 heteroatoms. The molecule has 0 saturated heterocycles. The second-order valence-electron chi connectivity index (χ2n) is 2.47. The minimum atomic E-state index is -3.36. The third-order valence-corrected chi connectivity index (χ3v) is 1.94. The summed E-state index contributed by atoms with van der Waals surface area (Å²) in [4.78, 5) is 0. The minimum Gasteiger partial charge on any atom is -0.469 e. The predicted octanol–water partition coefficient (Wildman–Crippen LogP) is 1.06. The SMILES string of the molecule is Cc1occc1COS(C)(=O)=O. The average Bonchev–Trinajstić information content (AvgIpc) is 2.29. The minimum absolute atomic E-state index is 0.0428. The summed E-state index contributed by atoms with van der Waals surface area (Å²) in [5.74, 6) is 0.679. The molecule has 0 spiro atoms. The fraction of sp³-hybridized carbons (Fsp3) is 0.429. The van der Waals surface area contributed by atoms with Crippen LogP contribution in [0.4, 0.5) is 0 Å². The molecule has 0 aliphatic rings. The molecule has 0 saturated carbocycles. The molecule has 0 N–H and O–H groups in total. The van der Waals surface area contributed by atoms with Gasteiger partial charge in [0.05, 0.1) is 19.1 Å². The first-order valence-electron chi connectivity index (χ1n) is 3.36. The van der Waals surface area contributed by atoms with Crippen LogP contribution in [-0.4, -0.2) is 14.7 Å². The highest BCUT2D eigenvalue weighted by Crippen LogP contribution is 2.10. The zero-order valence-electron chi connectivity index (χ0n) is 6.90. The van der Waals surface area contributed by atoms with E-state index in [-0.39, 0.29) is 6.61 Å². The van der Waals surface area contributed by atoms with E-state index < -0.39 is 10.1 Å². The molecule has 4 nitrogen and oxygen atoms in total. The zero-order chi connectivity index (χ0) is 9.19. The van der Waals surface area contributed by atoms with Crippen molar-refractivity contribution in [1.29, 1.82) is 0 Å². The molecule has 0 unspecified atom stereocenters. The Morgan fingerprint density at radius 1 is 1.58 bits per heavy atom. The Balaban J connectivity index is 2.61. The summed E-state index contributed by atoms with van der Waals surface area (Å²) in [5, 5.41) is 0. The molecule has 1 aromatic heterocycles. The van der Waals surface area contributed by atoms with Gasteiger partial charge in [0.2, 0.25) is 0 Å². The van der Waals surface area contributed by atoms with Gasteiger partial charge in [0.25, 0.3) is 10.1 Å². The first-order valence-corrected chi connectivity index (χ1v) is 5.18. The van der Waals surface area contributed by atoms with Crippen LogP contribution < -0.4 is 0 Å². The standard InChI is InChI=1S/C7H10O4S/c1-6-7(3-4-10-6)5-11-12(2,8)9/h3-4H,5H2,1-2H3. The molecule has 0 aromatic carbocycles. The Morgan fingerprint density at radius 2 is 2.25 bits per heavy atom. The van der Waals surface area contributed by atoms with Crippen LogP contribution in [0.15, 0.2) is 16.7 Å². The van der Waals surface area contributed by atoms with Gasteiger partial charge in [0.15, 0.2) is 0 Å². The summed E-state index contributed by atoms with van der Waals surface area (Å²) in [6.45, 7) is 1.79. The van der Waals surface area contributed by atoms with E-state index in [0.29, 0.717) is 5.76 Å². The van der Waals surface area contributed by atoms with Crippen LogP contribution in [0.25, 0.3) is 0 Å². The summed E-state index contributed by atoms with van der Waals surface area (Å²) in [6.07, 6.45) is 2.51. The summed E-state index contributed by atoms with van der Waals surface area (Å²) in [7, 11) is -3.36. The molecule has 0 aliphatic heterocycles. The Hall–Kier alpha value is -0.810. The van der Waals surface area contributed by atoms with E-state index in [1.807, 2.05) is 0 Å². The smallest absolute Gasteiger partial charge is 0.264 e. The van der Waals surface area contributed by atoms with Crippen LogP contribution in [0.2, 0.25) is 0 Å². The highest BCUT2D eigenvalue weighted by molar-refractivity contribution is 7.85. The lowest BCUT2D eigenvalue weighted by Gasteiger charge is -1.98. The fourth-order valence-electron chi connectivity index (χ4n) is 0.732. The average molecular weight is 190 g/mol. The number of hydrogen-bond acceptors (Lipinski definition) is 4. The topological polar surface area (TPSA) is 56.5 Å². The molecule has 0 fully saturated rings. The van der Waals surface area contributed by atoms with Gasteiger partial charge in [0, 0.05) is 5.56 Å². The zero-order valence-corrected chi connectivity index (χ0v) is 7.72. The summed E-state index contributed by atoms with van der Waals surface area (Å²) >= 11 is 0. The van der Waals surface area contributed by atoms with E-state index in [0.717, 1.165) is 11.8 Å². The molecule has 1 rings (SSSR count). The molecule has 0 aliphatic carbocycles.